The quantitative estimate of drug-likeness (QED) is 0.715. The Kier molecular flexibility index (Phi) is 3.76. The molecule has 0 radical (unpaired) electrons. The normalized spacial score (nSPS) is 32.7. The Morgan fingerprint density at radius 2 is 2.00 bits per heavy atom. The van der Waals surface area contributed by atoms with Crippen LogP contribution in [0.3, 0.4) is 0 Å². The molecule has 2 aliphatic carbocycles. The number of carbonyl (C=O) groups is 1. The van der Waals surface area contributed by atoms with Gasteiger partial charge in [0, 0.05) is 13.0 Å². The van der Waals surface area contributed by atoms with Crippen molar-refractivity contribution < 1.29 is 14.3 Å². The molecule has 0 saturated heterocycles. The van der Waals surface area contributed by atoms with Gasteiger partial charge in [0.05, 0.1) is 12.2 Å². The highest BCUT2D eigenvalue weighted by atomic mass is 16.6. The van der Waals surface area contributed by atoms with Crippen LogP contribution in [0.5, 0.6) is 0 Å². The predicted molar refractivity (Wildman–Crippen MR) is 56.8 cm³/mol. The SMILES string of the molecule is CCOC1C(=O)CC1OC1CCCCC1. The van der Waals surface area contributed by atoms with E-state index in [2.05, 4.69) is 0 Å². The monoisotopic (exact) mass is 212 g/mol. The Morgan fingerprint density at radius 1 is 1.27 bits per heavy atom. The first-order valence-corrected chi connectivity index (χ1v) is 6.11. The van der Waals surface area contributed by atoms with Gasteiger partial charge in [-0.3, -0.25) is 4.79 Å². The molecule has 0 aromatic rings. The van der Waals surface area contributed by atoms with Gasteiger partial charge in [0.15, 0.2) is 5.78 Å². The fourth-order valence-corrected chi connectivity index (χ4v) is 2.42. The lowest BCUT2D eigenvalue weighted by atomic mass is 9.89. The average Bonchev–Trinajstić information content (AvgIpc) is 2.27. The third-order valence-corrected chi connectivity index (χ3v) is 3.32. The number of ketones is 1. The maximum Gasteiger partial charge on any atom is 0.166 e. The minimum Gasteiger partial charge on any atom is -0.371 e. The minimum absolute atomic E-state index is 0.0422. The molecule has 2 aliphatic rings. The second-order valence-corrected chi connectivity index (χ2v) is 4.48. The van der Waals surface area contributed by atoms with Gasteiger partial charge in [0.2, 0.25) is 0 Å². The number of hydrogen-bond acceptors (Lipinski definition) is 3. The largest absolute Gasteiger partial charge is 0.371 e. The molecule has 2 fully saturated rings. The van der Waals surface area contributed by atoms with Crippen LogP contribution in [-0.4, -0.2) is 30.7 Å². The van der Waals surface area contributed by atoms with Crippen LogP contribution in [0.4, 0.5) is 0 Å². The molecule has 3 nitrogen and oxygen atoms in total. The summed E-state index contributed by atoms with van der Waals surface area (Å²) in [5.74, 6) is 0.206. The highest BCUT2D eigenvalue weighted by Gasteiger charge is 2.42. The maximum absolute atomic E-state index is 11.3. The molecule has 2 rings (SSSR count). The third-order valence-electron chi connectivity index (χ3n) is 3.32. The summed E-state index contributed by atoms with van der Waals surface area (Å²) in [7, 11) is 0. The van der Waals surface area contributed by atoms with Crippen LogP contribution in [0.2, 0.25) is 0 Å². The molecular weight excluding hydrogens is 192 g/mol. The summed E-state index contributed by atoms with van der Waals surface area (Å²) < 4.78 is 11.3. The van der Waals surface area contributed by atoms with Crippen molar-refractivity contribution in [2.24, 2.45) is 0 Å². The van der Waals surface area contributed by atoms with Crippen molar-refractivity contribution in [3.8, 4) is 0 Å². The van der Waals surface area contributed by atoms with Crippen LogP contribution in [0.1, 0.15) is 45.4 Å². The molecule has 15 heavy (non-hydrogen) atoms. The number of hydrogen-bond donors (Lipinski definition) is 0. The molecule has 2 saturated carbocycles. The van der Waals surface area contributed by atoms with Gasteiger partial charge >= 0.3 is 0 Å². The molecule has 3 heteroatoms. The van der Waals surface area contributed by atoms with Crippen LogP contribution >= 0.6 is 0 Å². The molecule has 0 spiro atoms. The van der Waals surface area contributed by atoms with Crippen LogP contribution in [0.15, 0.2) is 0 Å². The van der Waals surface area contributed by atoms with Crippen molar-refractivity contribution in [3.05, 3.63) is 0 Å². The van der Waals surface area contributed by atoms with Crippen molar-refractivity contribution in [1.29, 1.82) is 0 Å². The highest BCUT2D eigenvalue weighted by molar-refractivity contribution is 5.90. The Morgan fingerprint density at radius 3 is 2.60 bits per heavy atom. The van der Waals surface area contributed by atoms with E-state index in [9.17, 15) is 4.79 Å². The van der Waals surface area contributed by atoms with E-state index in [1.807, 2.05) is 6.92 Å². The highest BCUT2D eigenvalue weighted by Crippen LogP contribution is 2.29. The zero-order valence-electron chi connectivity index (χ0n) is 9.41. The first kappa shape index (κ1) is 11.1. The van der Waals surface area contributed by atoms with Gasteiger partial charge < -0.3 is 9.47 Å². The van der Waals surface area contributed by atoms with E-state index in [-0.39, 0.29) is 18.0 Å². The summed E-state index contributed by atoms with van der Waals surface area (Å²) in [5, 5.41) is 0. The third kappa shape index (κ3) is 2.58. The summed E-state index contributed by atoms with van der Waals surface area (Å²) in [4.78, 5) is 11.3. The first-order valence-electron chi connectivity index (χ1n) is 6.11. The van der Waals surface area contributed by atoms with Gasteiger partial charge in [0.1, 0.15) is 6.10 Å². The van der Waals surface area contributed by atoms with Gasteiger partial charge in [-0.15, -0.1) is 0 Å². The van der Waals surface area contributed by atoms with Crippen LogP contribution in [0, 0.1) is 0 Å². The van der Waals surface area contributed by atoms with Gasteiger partial charge in [-0.05, 0) is 19.8 Å². The molecule has 2 unspecified atom stereocenters. The topological polar surface area (TPSA) is 35.5 Å². The molecule has 0 bridgehead atoms. The van der Waals surface area contributed by atoms with E-state index in [0.717, 1.165) is 12.8 Å². The van der Waals surface area contributed by atoms with Gasteiger partial charge in [-0.1, -0.05) is 19.3 Å². The smallest absolute Gasteiger partial charge is 0.166 e. The lowest BCUT2D eigenvalue weighted by Gasteiger charge is -2.37. The van der Waals surface area contributed by atoms with E-state index in [0.29, 0.717) is 19.1 Å². The second kappa shape index (κ2) is 5.08. The Labute approximate surface area is 91.1 Å². The summed E-state index contributed by atoms with van der Waals surface area (Å²) in [6.07, 6.45) is 6.89. The van der Waals surface area contributed by atoms with Crippen molar-refractivity contribution in [3.63, 3.8) is 0 Å². The standard InChI is InChI=1S/C12H20O3/c1-2-14-12-10(13)8-11(12)15-9-6-4-3-5-7-9/h9,11-12H,2-8H2,1H3. The second-order valence-electron chi connectivity index (χ2n) is 4.48. The zero-order chi connectivity index (χ0) is 10.7. The van der Waals surface area contributed by atoms with E-state index in [4.69, 9.17) is 9.47 Å². The number of ether oxygens (including phenoxy) is 2. The van der Waals surface area contributed by atoms with Crippen LogP contribution < -0.4 is 0 Å². The summed E-state index contributed by atoms with van der Waals surface area (Å²) in [6.45, 7) is 2.52. The molecule has 0 N–H and O–H groups in total. The average molecular weight is 212 g/mol. The molecule has 0 aliphatic heterocycles. The zero-order valence-corrected chi connectivity index (χ0v) is 9.41. The maximum atomic E-state index is 11.3. The summed E-state index contributed by atoms with van der Waals surface area (Å²) in [6, 6.07) is 0. The molecule has 0 amide bonds. The fraction of sp³-hybridized carbons (Fsp3) is 0.917. The van der Waals surface area contributed by atoms with Crippen LogP contribution in [-0.2, 0) is 14.3 Å². The lowest BCUT2D eigenvalue weighted by Crippen LogP contribution is -2.52. The van der Waals surface area contributed by atoms with Gasteiger partial charge in [-0.2, -0.15) is 0 Å². The fourth-order valence-electron chi connectivity index (χ4n) is 2.42. The molecule has 0 aromatic heterocycles. The van der Waals surface area contributed by atoms with Gasteiger partial charge in [0.25, 0.3) is 0 Å². The van der Waals surface area contributed by atoms with Crippen molar-refractivity contribution in [1.82, 2.24) is 0 Å². The number of rotatable bonds is 4. The Balaban J connectivity index is 1.76. The predicted octanol–water partition coefficient (Wildman–Crippen LogP) is 2.08. The molecule has 2 atom stereocenters. The summed E-state index contributed by atoms with van der Waals surface area (Å²) in [5.41, 5.74) is 0. The van der Waals surface area contributed by atoms with Crippen molar-refractivity contribution in [2.45, 2.75) is 63.8 Å². The Hall–Kier alpha value is -0.410. The first-order chi connectivity index (χ1) is 7.31. The molecular formula is C12H20O3. The molecule has 0 aromatic carbocycles. The molecule has 86 valence electrons. The minimum atomic E-state index is -0.267. The summed E-state index contributed by atoms with van der Waals surface area (Å²) >= 11 is 0. The van der Waals surface area contributed by atoms with Crippen molar-refractivity contribution >= 4 is 5.78 Å². The number of Topliss-reactive ketones (excluding diaryl/α,β-unsaturated/α-hetero) is 1. The number of carbonyl (C=O) groups excluding carboxylic acids is 1. The Bertz CT molecular complexity index is 221. The van der Waals surface area contributed by atoms with E-state index >= 15 is 0 Å². The van der Waals surface area contributed by atoms with E-state index in [1.165, 1.54) is 19.3 Å². The van der Waals surface area contributed by atoms with E-state index in [1.54, 1.807) is 0 Å². The van der Waals surface area contributed by atoms with E-state index < -0.39 is 0 Å². The molecule has 0 heterocycles. The lowest BCUT2D eigenvalue weighted by molar-refractivity contribution is -0.175. The van der Waals surface area contributed by atoms with Crippen molar-refractivity contribution in [2.75, 3.05) is 6.61 Å². The van der Waals surface area contributed by atoms with Crippen LogP contribution in [0.25, 0.3) is 0 Å². The van der Waals surface area contributed by atoms with Gasteiger partial charge in [-0.25, -0.2) is 0 Å².